The molecular weight excluding hydrogens is 252 g/mol. The molecule has 0 amide bonds. The van der Waals surface area contributed by atoms with Crippen LogP contribution in [0.3, 0.4) is 0 Å². The Morgan fingerprint density at radius 2 is 1.95 bits per heavy atom. The lowest BCUT2D eigenvalue weighted by Gasteiger charge is -2.29. The van der Waals surface area contributed by atoms with E-state index in [1.54, 1.807) is 0 Å². The third-order valence-electron chi connectivity index (χ3n) is 3.43. The molecule has 0 saturated carbocycles. The van der Waals surface area contributed by atoms with Crippen molar-refractivity contribution in [3.8, 4) is 0 Å². The van der Waals surface area contributed by atoms with E-state index in [-0.39, 0.29) is 0 Å². The first-order valence-corrected chi connectivity index (χ1v) is 8.54. The minimum absolute atomic E-state index is 0.447. The highest BCUT2D eigenvalue weighted by Gasteiger charge is 2.19. The molecule has 3 heteroatoms. The first kappa shape index (κ1) is 16.5. The lowest BCUT2D eigenvalue weighted by molar-refractivity contribution is 0.258. The highest BCUT2D eigenvalue weighted by atomic mass is 32.2. The van der Waals surface area contributed by atoms with Gasteiger partial charge in [0, 0.05) is 24.9 Å². The number of hydrogen-bond acceptors (Lipinski definition) is 3. The van der Waals surface area contributed by atoms with Gasteiger partial charge in [-0.25, -0.2) is 0 Å². The Morgan fingerprint density at radius 1 is 1.26 bits per heavy atom. The van der Waals surface area contributed by atoms with Crippen LogP contribution in [0.25, 0.3) is 0 Å². The molecule has 0 fully saturated rings. The molecule has 1 N–H and O–H groups in total. The number of hydrogen-bond donors (Lipinski definition) is 1. The van der Waals surface area contributed by atoms with Crippen LogP contribution >= 0.6 is 11.8 Å². The van der Waals surface area contributed by atoms with Gasteiger partial charge in [0.05, 0.1) is 0 Å². The smallest absolute Gasteiger partial charge is 0.0358 e. The predicted molar refractivity (Wildman–Crippen MR) is 87.9 cm³/mol. The lowest BCUT2D eigenvalue weighted by atomic mass is 9.94. The molecule has 0 heterocycles. The van der Waals surface area contributed by atoms with Crippen LogP contribution in [0, 0.1) is 5.92 Å². The van der Waals surface area contributed by atoms with Crippen LogP contribution in [0.1, 0.15) is 25.5 Å². The first-order chi connectivity index (χ1) is 9.19. The maximum Gasteiger partial charge on any atom is 0.0358 e. The summed E-state index contributed by atoms with van der Waals surface area (Å²) in [6.45, 7) is 7.83. The van der Waals surface area contributed by atoms with Crippen molar-refractivity contribution in [2.75, 3.05) is 38.7 Å². The average molecular weight is 280 g/mol. The van der Waals surface area contributed by atoms with Gasteiger partial charge in [0.2, 0.25) is 0 Å². The van der Waals surface area contributed by atoms with E-state index in [2.05, 4.69) is 67.7 Å². The van der Waals surface area contributed by atoms with Crippen molar-refractivity contribution in [3.05, 3.63) is 35.9 Å². The maximum absolute atomic E-state index is 3.63. The van der Waals surface area contributed by atoms with Gasteiger partial charge < -0.3 is 10.2 Å². The van der Waals surface area contributed by atoms with Crippen molar-refractivity contribution >= 4 is 11.8 Å². The van der Waals surface area contributed by atoms with Crippen molar-refractivity contribution in [1.29, 1.82) is 0 Å². The second-order valence-corrected chi connectivity index (χ2v) is 6.16. The second-order valence-electron chi connectivity index (χ2n) is 5.18. The van der Waals surface area contributed by atoms with E-state index in [1.807, 2.05) is 11.8 Å². The molecule has 0 aliphatic heterocycles. The summed E-state index contributed by atoms with van der Waals surface area (Å²) in [6, 6.07) is 11.2. The van der Waals surface area contributed by atoms with Gasteiger partial charge in [0.25, 0.3) is 0 Å². The zero-order valence-corrected chi connectivity index (χ0v) is 13.5. The quantitative estimate of drug-likeness (QED) is 0.747. The minimum atomic E-state index is 0.447. The van der Waals surface area contributed by atoms with Crippen LogP contribution in [-0.4, -0.2) is 43.6 Å². The summed E-state index contributed by atoms with van der Waals surface area (Å²) in [5.74, 6) is 1.81. The van der Waals surface area contributed by atoms with E-state index in [4.69, 9.17) is 0 Å². The highest BCUT2D eigenvalue weighted by Crippen LogP contribution is 2.22. The summed E-state index contributed by atoms with van der Waals surface area (Å²) in [5, 5.41) is 3.63. The fourth-order valence-electron chi connectivity index (χ4n) is 2.46. The molecule has 0 aliphatic carbocycles. The minimum Gasteiger partial charge on any atom is -0.310 e. The first-order valence-electron chi connectivity index (χ1n) is 7.14. The monoisotopic (exact) mass is 280 g/mol. The molecule has 0 aromatic heterocycles. The fraction of sp³-hybridized carbons (Fsp3) is 0.625. The van der Waals surface area contributed by atoms with Crippen LogP contribution < -0.4 is 5.32 Å². The Kier molecular flexibility index (Phi) is 8.19. The predicted octanol–water partition coefficient (Wildman–Crippen LogP) is 3.27. The lowest BCUT2D eigenvalue weighted by Crippen LogP contribution is -2.35. The van der Waals surface area contributed by atoms with E-state index in [0.717, 1.165) is 13.1 Å². The van der Waals surface area contributed by atoms with Crippen molar-refractivity contribution in [3.63, 3.8) is 0 Å². The molecule has 0 radical (unpaired) electrons. The molecule has 108 valence electrons. The van der Waals surface area contributed by atoms with Crippen LogP contribution in [0.15, 0.2) is 30.3 Å². The summed E-state index contributed by atoms with van der Waals surface area (Å²) in [7, 11) is 2.22. The Morgan fingerprint density at radius 3 is 2.53 bits per heavy atom. The summed E-state index contributed by atoms with van der Waals surface area (Å²) >= 11 is 1.91. The summed E-state index contributed by atoms with van der Waals surface area (Å²) in [5.41, 5.74) is 1.40. The largest absolute Gasteiger partial charge is 0.310 e. The Hall–Kier alpha value is -0.510. The maximum atomic E-state index is 3.63. The molecule has 0 bridgehead atoms. The standard InChI is InChI=1S/C16H28N2S/c1-5-17-16(15-9-7-6-8-10-15)14(2)13-18(3)11-12-19-4/h6-10,14,16-17H,5,11-13H2,1-4H3. The van der Waals surface area contributed by atoms with Crippen molar-refractivity contribution in [2.45, 2.75) is 19.9 Å². The van der Waals surface area contributed by atoms with Gasteiger partial charge in [-0.15, -0.1) is 0 Å². The molecule has 0 spiro atoms. The molecule has 0 saturated heterocycles. The van der Waals surface area contributed by atoms with Crippen LogP contribution in [-0.2, 0) is 0 Å². The van der Waals surface area contributed by atoms with Gasteiger partial charge in [-0.2, -0.15) is 11.8 Å². The Bertz CT molecular complexity index is 329. The van der Waals surface area contributed by atoms with Crippen molar-refractivity contribution in [1.82, 2.24) is 10.2 Å². The van der Waals surface area contributed by atoms with Crippen LogP contribution in [0.5, 0.6) is 0 Å². The van der Waals surface area contributed by atoms with Gasteiger partial charge in [-0.1, -0.05) is 44.2 Å². The zero-order valence-electron chi connectivity index (χ0n) is 12.7. The molecule has 1 rings (SSSR count). The van der Waals surface area contributed by atoms with E-state index >= 15 is 0 Å². The van der Waals surface area contributed by atoms with Gasteiger partial charge in [-0.3, -0.25) is 0 Å². The second kappa shape index (κ2) is 9.40. The van der Waals surface area contributed by atoms with E-state index in [1.165, 1.54) is 17.9 Å². The molecular formula is C16H28N2S. The summed E-state index contributed by atoms with van der Waals surface area (Å²) < 4.78 is 0. The molecule has 2 atom stereocenters. The number of nitrogens with one attached hydrogen (secondary N) is 1. The average Bonchev–Trinajstić information content (AvgIpc) is 2.43. The molecule has 1 aromatic carbocycles. The van der Waals surface area contributed by atoms with Crippen molar-refractivity contribution in [2.24, 2.45) is 5.92 Å². The summed E-state index contributed by atoms with van der Waals surface area (Å²) in [4.78, 5) is 2.44. The summed E-state index contributed by atoms with van der Waals surface area (Å²) in [6.07, 6.45) is 2.17. The van der Waals surface area contributed by atoms with Crippen LogP contribution in [0.4, 0.5) is 0 Å². The normalized spacial score (nSPS) is 14.6. The molecule has 2 nitrogen and oxygen atoms in total. The Labute approximate surface area is 123 Å². The van der Waals surface area contributed by atoms with E-state index in [9.17, 15) is 0 Å². The van der Waals surface area contributed by atoms with Gasteiger partial charge in [0.1, 0.15) is 0 Å². The SMILES string of the molecule is CCNC(c1ccccc1)C(C)CN(C)CCSC. The molecule has 1 aromatic rings. The van der Waals surface area contributed by atoms with Gasteiger partial charge in [0.15, 0.2) is 0 Å². The zero-order chi connectivity index (χ0) is 14.1. The fourth-order valence-corrected chi connectivity index (χ4v) is 2.96. The highest BCUT2D eigenvalue weighted by molar-refractivity contribution is 7.98. The number of benzene rings is 1. The third kappa shape index (κ3) is 5.98. The molecule has 0 aliphatic rings. The van der Waals surface area contributed by atoms with Crippen LogP contribution in [0.2, 0.25) is 0 Å². The molecule has 19 heavy (non-hydrogen) atoms. The number of rotatable bonds is 9. The topological polar surface area (TPSA) is 15.3 Å². The molecule has 2 unspecified atom stereocenters. The van der Waals surface area contributed by atoms with Gasteiger partial charge in [-0.05, 0) is 31.3 Å². The Balaban J connectivity index is 2.60. The van der Waals surface area contributed by atoms with Crippen molar-refractivity contribution < 1.29 is 0 Å². The number of thioether (sulfide) groups is 1. The van der Waals surface area contributed by atoms with E-state index < -0.39 is 0 Å². The number of nitrogens with zero attached hydrogens (tertiary/aromatic N) is 1. The van der Waals surface area contributed by atoms with E-state index in [0.29, 0.717) is 12.0 Å². The third-order valence-corrected chi connectivity index (χ3v) is 4.02. The van der Waals surface area contributed by atoms with Gasteiger partial charge >= 0.3 is 0 Å².